The summed E-state index contributed by atoms with van der Waals surface area (Å²) >= 11 is 1.89. The van der Waals surface area contributed by atoms with Crippen molar-refractivity contribution >= 4 is 11.3 Å². The highest BCUT2D eigenvalue weighted by molar-refractivity contribution is 7.09. The van der Waals surface area contributed by atoms with E-state index in [0.717, 1.165) is 4.48 Å². The molecule has 0 saturated carbocycles. The maximum atomic E-state index is 2.37. The van der Waals surface area contributed by atoms with Gasteiger partial charge in [-0.2, -0.15) is 0 Å². The first-order valence-corrected chi connectivity index (χ1v) is 9.86. The van der Waals surface area contributed by atoms with Crippen LogP contribution in [-0.2, 0) is 6.54 Å². The largest absolute Gasteiger partial charge is 1.00 e. The van der Waals surface area contributed by atoms with Gasteiger partial charge in [-0.05, 0) is 24.3 Å². The van der Waals surface area contributed by atoms with Crippen LogP contribution in [0.1, 0.15) is 76.0 Å². The fraction of sp³-hybridized carbons (Fsp3) is 0.789. The molecule has 1 aromatic heterocycles. The maximum Gasteiger partial charge on any atom is 0.113 e. The summed E-state index contributed by atoms with van der Waals surface area (Å²) in [5.74, 6) is 0. The summed E-state index contributed by atoms with van der Waals surface area (Å²) in [5.41, 5.74) is 0. The first kappa shape index (κ1) is 21.9. The van der Waals surface area contributed by atoms with Gasteiger partial charge in [0.15, 0.2) is 0 Å². The Bertz CT molecular complexity index is 335. The molecule has 0 spiro atoms. The lowest BCUT2D eigenvalue weighted by Crippen LogP contribution is -3.00. The molecule has 1 heterocycles. The van der Waals surface area contributed by atoms with Crippen LogP contribution < -0.4 is 12.4 Å². The van der Waals surface area contributed by atoms with E-state index >= 15 is 0 Å². The van der Waals surface area contributed by atoms with Gasteiger partial charge < -0.3 is 16.9 Å². The molecule has 1 rings (SSSR count). The predicted octanol–water partition coefficient (Wildman–Crippen LogP) is 3.25. The van der Waals surface area contributed by atoms with E-state index in [2.05, 4.69) is 38.5 Å². The van der Waals surface area contributed by atoms with Crippen LogP contribution in [0.25, 0.3) is 0 Å². The summed E-state index contributed by atoms with van der Waals surface area (Å²) in [5, 5.41) is 2.19. The Labute approximate surface area is 149 Å². The van der Waals surface area contributed by atoms with Gasteiger partial charge in [0.25, 0.3) is 0 Å². The Morgan fingerprint density at radius 1 is 0.864 bits per heavy atom. The molecule has 0 aliphatic carbocycles. The third kappa shape index (κ3) is 11.5. The molecule has 0 unspecified atom stereocenters. The smallest absolute Gasteiger partial charge is 0.113 e. The molecular formula is C19H36ClNS. The minimum Gasteiger partial charge on any atom is -1.00 e. The lowest BCUT2D eigenvalue weighted by molar-refractivity contribution is -0.903. The van der Waals surface area contributed by atoms with Crippen LogP contribution >= 0.6 is 11.3 Å². The molecule has 0 radical (unpaired) electrons. The predicted molar refractivity (Wildman–Crippen MR) is 96.8 cm³/mol. The highest BCUT2D eigenvalue weighted by Crippen LogP contribution is 2.16. The molecule has 1 nitrogen and oxygen atoms in total. The van der Waals surface area contributed by atoms with Crippen LogP contribution in [0, 0.1) is 0 Å². The fourth-order valence-electron chi connectivity index (χ4n) is 2.93. The summed E-state index contributed by atoms with van der Waals surface area (Å²) in [7, 11) is 4.74. The molecule has 1 aromatic rings. The lowest BCUT2D eigenvalue weighted by Gasteiger charge is -2.29. The van der Waals surface area contributed by atoms with E-state index in [1.165, 1.54) is 82.2 Å². The van der Waals surface area contributed by atoms with E-state index in [4.69, 9.17) is 0 Å². The molecule has 0 aliphatic heterocycles. The van der Waals surface area contributed by atoms with Gasteiger partial charge in [-0.3, -0.25) is 0 Å². The highest BCUT2D eigenvalue weighted by Gasteiger charge is 2.15. The van der Waals surface area contributed by atoms with Gasteiger partial charge in [0.05, 0.1) is 25.5 Å². The van der Waals surface area contributed by atoms with Gasteiger partial charge >= 0.3 is 0 Å². The average molecular weight is 346 g/mol. The molecule has 130 valence electrons. The van der Waals surface area contributed by atoms with E-state index in [9.17, 15) is 0 Å². The first-order valence-electron chi connectivity index (χ1n) is 8.98. The third-order valence-electron chi connectivity index (χ3n) is 4.28. The number of quaternary nitrogens is 1. The van der Waals surface area contributed by atoms with Gasteiger partial charge in [-0.15, -0.1) is 11.3 Å². The molecule has 0 N–H and O–H groups in total. The monoisotopic (exact) mass is 345 g/mol. The topological polar surface area (TPSA) is 0 Å². The van der Waals surface area contributed by atoms with Crippen molar-refractivity contribution in [2.75, 3.05) is 20.6 Å². The van der Waals surface area contributed by atoms with Crippen molar-refractivity contribution in [1.29, 1.82) is 0 Å². The van der Waals surface area contributed by atoms with Crippen molar-refractivity contribution in [3.8, 4) is 0 Å². The number of nitrogens with zero attached hydrogens (tertiary/aromatic N) is 1. The summed E-state index contributed by atoms with van der Waals surface area (Å²) in [6.07, 6.45) is 14.3. The molecule has 0 aromatic carbocycles. The molecule has 0 atom stereocenters. The van der Waals surface area contributed by atoms with E-state index in [1.807, 2.05) is 11.3 Å². The van der Waals surface area contributed by atoms with Gasteiger partial charge in [-0.1, -0.05) is 64.4 Å². The molecule has 0 aliphatic rings. The third-order valence-corrected chi connectivity index (χ3v) is 5.14. The highest BCUT2D eigenvalue weighted by atomic mass is 35.5. The van der Waals surface area contributed by atoms with Crippen molar-refractivity contribution in [2.24, 2.45) is 0 Å². The second-order valence-electron chi connectivity index (χ2n) is 7.08. The average Bonchev–Trinajstić information content (AvgIpc) is 2.93. The Morgan fingerprint density at radius 2 is 1.41 bits per heavy atom. The lowest BCUT2D eigenvalue weighted by atomic mass is 10.1. The van der Waals surface area contributed by atoms with Crippen LogP contribution in [-0.4, -0.2) is 25.1 Å². The van der Waals surface area contributed by atoms with Crippen molar-refractivity contribution in [3.63, 3.8) is 0 Å². The summed E-state index contributed by atoms with van der Waals surface area (Å²) in [6, 6.07) is 4.43. The zero-order valence-electron chi connectivity index (χ0n) is 15.0. The number of rotatable bonds is 13. The van der Waals surface area contributed by atoms with Crippen LogP contribution in [0.5, 0.6) is 0 Å². The van der Waals surface area contributed by atoms with E-state index in [-0.39, 0.29) is 12.4 Å². The van der Waals surface area contributed by atoms with Crippen molar-refractivity contribution in [3.05, 3.63) is 22.4 Å². The molecule has 0 saturated heterocycles. The number of hydrogen-bond acceptors (Lipinski definition) is 1. The van der Waals surface area contributed by atoms with Gasteiger partial charge in [0, 0.05) is 0 Å². The molecule has 0 fully saturated rings. The number of unbranched alkanes of at least 4 members (excludes halogenated alkanes) is 9. The Morgan fingerprint density at radius 3 is 1.91 bits per heavy atom. The quantitative estimate of drug-likeness (QED) is 0.380. The molecule has 0 bridgehead atoms. The summed E-state index contributed by atoms with van der Waals surface area (Å²) < 4.78 is 1.14. The van der Waals surface area contributed by atoms with Crippen molar-refractivity contribution in [2.45, 2.75) is 77.7 Å². The second kappa shape index (κ2) is 13.4. The van der Waals surface area contributed by atoms with Gasteiger partial charge in [0.2, 0.25) is 0 Å². The minimum atomic E-state index is 0. The number of thiophene rings is 1. The zero-order chi connectivity index (χ0) is 15.4. The zero-order valence-corrected chi connectivity index (χ0v) is 16.5. The normalized spacial score (nSPS) is 11.4. The minimum absolute atomic E-state index is 0. The van der Waals surface area contributed by atoms with E-state index in [1.54, 1.807) is 0 Å². The van der Waals surface area contributed by atoms with Crippen LogP contribution in [0.4, 0.5) is 0 Å². The van der Waals surface area contributed by atoms with Crippen molar-refractivity contribution < 1.29 is 16.9 Å². The maximum absolute atomic E-state index is 2.37. The molecule has 22 heavy (non-hydrogen) atoms. The van der Waals surface area contributed by atoms with Crippen LogP contribution in [0.15, 0.2) is 17.5 Å². The summed E-state index contributed by atoms with van der Waals surface area (Å²) in [4.78, 5) is 1.52. The Hall–Kier alpha value is -0.0500. The summed E-state index contributed by atoms with van der Waals surface area (Å²) in [6.45, 7) is 4.79. The molecule has 3 heteroatoms. The van der Waals surface area contributed by atoms with Crippen molar-refractivity contribution in [1.82, 2.24) is 0 Å². The fourth-order valence-corrected chi connectivity index (χ4v) is 3.84. The number of hydrogen-bond donors (Lipinski definition) is 0. The number of halogens is 1. The van der Waals surface area contributed by atoms with E-state index in [0.29, 0.717) is 0 Å². The Kier molecular flexibility index (Phi) is 13.4. The standard InChI is InChI=1S/C19H36NS.ClH/c1-4-5-6-7-8-9-10-11-12-13-16-20(2,3)18-19-15-14-17-21-19;/h14-15,17H,4-13,16,18H2,1-3H3;1H/q+1;/p-1. The molecule has 0 amide bonds. The second-order valence-corrected chi connectivity index (χ2v) is 8.11. The Balaban J connectivity index is 0.00000441. The van der Waals surface area contributed by atoms with Gasteiger partial charge in [-0.25, -0.2) is 0 Å². The van der Waals surface area contributed by atoms with Crippen LogP contribution in [0.2, 0.25) is 0 Å². The SMILES string of the molecule is CCCCCCCCCCCC[N+](C)(C)Cc1cccs1.[Cl-]. The van der Waals surface area contributed by atoms with Crippen LogP contribution in [0.3, 0.4) is 0 Å². The first-order chi connectivity index (χ1) is 10.1. The molecular weight excluding hydrogens is 310 g/mol. The van der Waals surface area contributed by atoms with Gasteiger partial charge in [0.1, 0.15) is 6.54 Å². The van der Waals surface area contributed by atoms with E-state index < -0.39 is 0 Å².